The summed E-state index contributed by atoms with van der Waals surface area (Å²) in [6.07, 6.45) is 5.32. The number of ether oxygens (including phenoxy) is 2. The highest BCUT2D eigenvalue weighted by Gasteiger charge is 2.33. The lowest BCUT2D eigenvalue weighted by molar-refractivity contribution is -0.147. The maximum Gasteiger partial charge on any atom is 0.307 e. The molecule has 0 aromatic carbocycles. The van der Waals surface area contributed by atoms with Gasteiger partial charge in [0.1, 0.15) is 0 Å². The van der Waals surface area contributed by atoms with Gasteiger partial charge in [-0.1, -0.05) is 12.2 Å². The summed E-state index contributed by atoms with van der Waals surface area (Å²) in [4.78, 5) is 23.1. The Morgan fingerprint density at radius 3 is 2.55 bits per heavy atom. The summed E-state index contributed by atoms with van der Waals surface area (Å²) in [6.45, 7) is 2.15. The van der Waals surface area contributed by atoms with Gasteiger partial charge in [-0.25, -0.2) is 0 Å². The summed E-state index contributed by atoms with van der Waals surface area (Å²) in [5.41, 5.74) is 0. The summed E-state index contributed by atoms with van der Waals surface area (Å²) < 4.78 is 10.1. The van der Waals surface area contributed by atoms with Crippen LogP contribution in [0.2, 0.25) is 0 Å². The molecule has 114 valence electrons. The normalized spacial score (nSPS) is 21.6. The summed E-state index contributed by atoms with van der Waals surface area (Å²) >= 11 is 0. The monoisotopic (exact) mass is 285 g/mol. The molecule has 0 aliphatic heterocycles. The van der Waals surface area contributed by atoms with Crippen molar-refractivity contribution in [2.75, 3.05) is 33.5 Å². The van der Waals surface area contributed by atoms with Gasteiger partial charge in [0.05, 0.1) is 25.0 Å². The molecule has 0 unspecified atom stereocenters. The number of hydrogen-bond acceptors (Lipinski definition) is 4. The predicted molar refractivity (Wildman–Crippen MR) is 73.3 cm³/mol. The number of allylic oxidation sites excluding steroid dienone is 2. The summed E-state index contributed by atoms with van der Waals surface area (Å²) in [7, 11) is 1.61. The van der Waals surface area contributed by atoms with Crippen molar-refractivity contribution in [1.82, 2.24) is 5.32 Å². The Morgan fingerprint density at radius 1 is 1.20 bits per heavy atom. The molecule has 1 aliphatic rings. The summed E-state index contributed by atoms with van der Waals surface area (Å²) in [5, 5.41) is 11.9. The third kappa shape index (κ3) is 5.71. The van der Waals surface area contributed by atoms with E-state index in [0.717, 1.165) is 0 Å². The van der Waals surface area contributed by atoms with E-state index in [1.807, 2.05) is 12.2 Å². The van der Waals surface area contributed by atoms with Crippen LogP contribution in [0.3, 0.4) is 0 Å². The number of carboxylic acids is 1. The topological polar surface area (TPSA) is 84.9 Å². The molecule has 0 saturated carbocycles. The first-order valence-electron chi connectivity index (χ1n) is 6.89. The molecule has 1 aliphatic carbocycles. The number of hydrogen-bond donors (Lipinski definition) is 2. The van der Waals surface area contributed by atoms with Crippen LogP contribution in [0.15, 0.2) is 12.2 Å². The molecule has 6 heteroatoms. The number of carboxylic acid groups (broad SMARTS) is 1. The van der Waals surface area contributed by atoms with E-state index in [0.29, 0.717) is 45.6 Å². The third-order valence-corrected chi connectivity index (χ3v) is 3.28. The van der Waals surface area contributed by atoms with E-state index in [-0.39, 0.29) is 5.91 Å². The van der Waals surface area contributed by atoms with Crippen molar-refractivity contribution in [1.29, 1.82) is 0 Å². The van der Waals surface area contributed by atoms with Gasteiger partial charge in [0.15, 0.2) is 0 Å². The highest BCUT2D eigenvalue weighted by Crippen LogP contribution is 2.25. The van der Waals surface area contributed by atoms with E-state index >= 15 is 0 Å². The second-order valence-electron chi connectivity index (χ2n) is 4.74. The second kappa shape index (κ2) is 9.50. The Balaban J connectivity index is 2.21. The Kier molecular flexibility index (Phi) is 7.91. The van der Waals surface area contributed by atoms with Gasteiger partial charge < -0.3 is 19.9 Å². The molecule has 20 heavy (non-hydrogen) atoms. The first-order chi connectivity index (χ1) is 9.66. The third-order valence-electron chi connectivity index (χ3n) is 3.28. The first-order valence-corrected chi connectivity index (χ1v) is 6.89. The predicted octanol–water partition coefficient (Wildman–Crippen LogP) is 0.823. The zero-order chi connectivity index (χ0) is 14.8. The highest BCUT2D eigenvalue weighted by molar-refractivity contribution is 5.85. The molecule has 1 amide bonds. The van der Waals surface area contributed by atoms with Crippen molar-refractivity contribution in [2.45, 2.75) is 19.3 Å². The molecule has 2 N–H and O–H groups in total. The lowest BCUT2D eigenvalue weighted by Crippen LogP contribution is -2.39. The maximum atomic E-state index is 12.0. The number of carbonyl (C=O) groups excluding carboxylic acids is 1. The number of carbonyl (C=O) groups is 2. The number of nitrogens with one attached hydrogen (secondary N) is 1. The second-order valence-corrected chi connectivity index (χ2v) is 4.74. The molecule has 0 spiro atoms. The minimum atomic E-state index is -0.905. The molecular weight excluding hydrogens is 262 g/mol. The molecule has 0 saturated heterocycles. The lowest BCUT2D eigenvalue weighted by atomic mass is 9.82. The molecule has 2 atom stereocenters. The molecule has 0 fully saturated rings. The molecule has 0 bridgehead atoms. The Bertz CT molecular complexity index is 342. The van der Waals surface area contributed by atoms with Crippen molar-refractivity contribution < 1.29 is 24.2 Å². The number of aliphatic carboxylic acids is 1. The smallest absolute Gasteiger partial charge is 0.307 e. The van der Waals surface area contributed by atoms with E-state index in [4.69, 9.17) is 14.6 Å². The van der Waals surface area contributed by atoms with Gasteiger partial charge in [0.25, 0.3) is 0 Å². The van der Waals surface area contributed by atoms with E-state index < -0.39 is 17.8 Å². The molecule has 0 radical (unpaired) electrons. The van der Waals surface area contributed by atoms with Crippen molar-refractivity contribution in [3.05, 3.63) is 12.2 Å². The largest absolute Gasteiger partial charge is 0.481 e. The Hall–Kier alpha value is -1.40. The van der Waals surface area contributed by atoms with Gasteiger partial charge in [-0.3, -0.25) is 9.59 Å². The van der Waals surface area contributed by atoms with Crippen LogP contribution < -0.4 is 5.32 Å². The van der Waals surface area contributed by atoms with Gasteiger partial charge in [-0.15, -0.1) is 0 Å². The summed E-state index contributed by atoms with van der Waals surface area (Å²) in [5.74, 6) is -2.17. The Labute approximate surface area is 119 Å². The van der Waals surface area contributed by atoms with Gasteiger partial charge >= 0.3 is 5.97 Å². The fraction of sp³-hybridized carbons (Fsp3) is 0.714. The number of rotatable bonds is 9. The van der Waals surface area contributed by atoms with Gasteiger partial charge in [0.2, 0.25) is 5.91 Å². The zero-order valence-electron chi connectivity index (χ0n) is 11.8. The minimum absolute atomic E-state index is 0.182. The molecular formula is C14H23NO5. The molecule has 0 heterocycles. The van der Waals surface area contributed by atoms with E-state index in [9.17, 15) is 9.59 Å². The average molecular weight is 285 g/mol. The lowest BCUT2D eigenvalue weighted by Gasteiger charge is -2.24. The van der Waals surface area contributed by atoms with Crippen LogP contribution in [0.1, 0.15) is 19.3 Å². The number of amides is 1. The zero-order valence-corrected chi connectivity index (χ0v) is 11.8. The van der Waals surface area contributed by atoms with Crippen LogP contribution in [0.5, 0.6) is 0 Å². The van der Waals surface area contributed by atoms with Gasteiger partial charge in [-0.05, 0) is 19.3 Å². The van der Waals surface area contributed by atoms with Crippen LogP contribution in [0.4, 0.5) is 0 Å². The van der Waals surface area contributed by atoms with Gasteiger partial charge in [-0.2, -0.15) is 0 Å². The fourth-order valence-corrected chi connectivity index (χ4v) is 2.14. The Morgan fingerprint density at radius 2 is 1.90 bits per heavy atom. The highest BCUT2D eigenvalue weighted by atomic mass is 16.5. The average Bonchev–Trinajstić information content (AvgIpc) is 2.46. The molecule has 1 rings (SSSR count). The van der Waals surface area contributed by atoms with Crippen LogP contribution in [-0.4, -0.2) is 50.5 Å². The van der Waals surface area contributed by atoms with Crippen LogP contribution in [0, 0.1) is 11.8 Å². The van der Waals surface area contributed by atoms with Crippen molar-refractivity contribution in [3.63, 3.8) is 0 Å². The van der Waals surface area contributed by atoms with Crippen molar-refractivity contribution in [2.24, 2.45) is 11.8 Å². The van der Waals surface area contributed by atoms with Crippen molar-refractivity contribution in [3.8, 4) is 0 Å². The van der Waals surface area contributed by atoms with Crippen molar-refractivity contribution >= 4 is 11.9 Å². The maximum absolute atomic E-state index is 12.0. The quantitative estimate of drug-likeness (QED) is 0.484. The van der Waals surface area contributed by atoms with E-state index in [1.165, 1.54) is 0 Å². The van der Waals surface area contributed by atoms with Crippen LogP contribution in [0.25, 0.3) is 0 Å². The van der Waals surface area contributed by atoms with E-state index in [1.54, 1.807) is 7.11 Å². The van der Waals surface area contributed by atoms with Gasteiger partial charge in [0, 0.05) is 20.3 Å². The SMILES string of the molecule is COCCOCCCNC(=O)[C@@H]1CC=CC[C@@H]1C(=O)O. The fourth-order valence-electron chi connectivity index (χ4n) is 2.14. The van der Waals surface area contributed by atoms with Crippen LogP contribution >= 0.6 is 0 Å². The summed E-state index contributed by atoms with van der Waals surface area (Å²) in [6, 6.07) is 0. The van der Waals surface area contributed by atoms with E-state index in [2.05, 4.69) is 5.32 Å². The van der Waals surface area contributed by atoms with Crippen LogP contribution in [-0.2, 0) is 19.1 Å². The standard InChI is InChI=1S/C14H23NO5/c1-19-9-10-20-8-4-7-15-13(16)11-5-2-3-6-12(11)14(17)18/h2-3,11-12H,4-10H2,1H3,(H,15,16)(H,17,18)/t11-,12+/m1/s1. The minimum Gasteiger partial charge on any atom is -0.481 e. The first kappa shape index (κ1) is 16.7. The molecule has 0 aromatic heterocycles. The molecule has 6 nitrogen and oxygen atoms in total. The molecule has 0 aromatic rings. The number of methoxy groups -OCH3 is 1.